The molecule has 0 bridgehead atoms. The molecule has 0 aromatic carbocycles. The molecule has 0 radical (unpaired) electrons. The van der Waals surface area contributed by atoms with E-state index in [0.29, 0.717) is 0 Å². The van der Waals surface area contributed by atoms with Crippen molar-refractivity contribution in [2.45, 2.75) is 7.07 Å². The normalized spacial score (nSPS) is 14.0. The third-order valence-electron chi connectivity index (χ3n) is 0.283. The van der Waals surface area contributed by atoms with Crippen LogP contribution in [-0.2, 0) is 0 Å². The molecule has 0 saturated heterocycles. The summed E-state index contributed by atoms with van der Waals surface area (Å²) in [5.74, 6) is 0. The zero-order chi connectivity index (χ0) is 7.71. The van der Waals surface area contributed by atoms with E-state index in [1.807, 2.05) is 0 Å². The smallest absolute Gasteiger partial charge is 0.0789 e. The zero-order valence-electron chi connectivity index (χ0n) is 3.77. The highest BCUT2D eigenvalue weighted by Gasteiger charge is 2.32. The maximum Gasteiger partial charge on any atom is 0.209 e. The third-order valence-corrected chi connectivity index (χ3v) is 2.55. The van der Waals surface area contributed by atoms with Gasteiger partial charge in [-0.2, -0.15) is 0 Å². The van der Waals surface area contributed by atoms with Crippen molar-refractivity contribution in [1.82, 2.24) is 0 Å². The van der Waals surface area contributed by atoms with Gasteiger partial charge in [0.2, 0.25) is 7.07 Å². The van der Waals surface area contributed by atoms with Gasteiger partial charge in [-0.15, -0.1) is 0 Å². The van der Waals surface area contributed by atoms with E-state index in [9.17, 15) is 0 Å². The monoisotopic (exact) mass is 266 g/mol. The summed E-state index contributed by atoms with van der Waals surface area (Å²) in [6.07, 6.45) is 0. The first-order chi connectivity index (χ1) is 3.71. The van der Waals surface area contributed by atoms with Gasteiger partial charge < -0.3 is 0 Å². The standard InChI is InChI=1S/C2HCl6P/c3-1(4,5)9-2(6,7)8/h9H. The molecule has 0 aliphatic rings. The first kappa shape index (κ1) is 11.2. The van der Waals surface area contributed by atoms with Gasteiger partial charge in [-0.25, -0.2) is 0 Å². The summed E-state index contributed by atoms with van der Waals surface area (Å²) < 4.78 is -2.93. The molecule has 0 aromatic rings. The van der Waals surface area contributed by atoms with Gasteiger partial charge in [-0.3, -0.25) is 0 Å². The van der Waals surface area contributed by atoms with E-state index in [1.54, 1.807) is 0 Å². The van der Waals surface area contributed by atoms with E-state index in [-0.39, 0.29) is 8.58 Å². The fraction of sp³-hybridized carbons (Fsp3) is 1.00. The van der Waals surface area contributed by atoms with Crippen molar-refractivity contribution < 1.29 is 0 Å². The van der Waals surface area contributed by atoms with Crippen LogP contribution in [0.15, 0.2) is 0 Å². The summed E-state index contributed by atoms with van der Waals surface area (Å²) >= 11 is 31.8. The lowest BCUT2D eigenvalue weighted by atomic mass is 11.8. The Labute approximate surface area is 84.8 Å². The Kier molecular flexibility index (Phi) is 4.61. The minimum Gasteiger partial charge on any atom is -0.0789 e. The SMILES string of the molecule is ClC(Cl)(Cl)PC(Cl)(Cl)Cl. The van der Waals surface area contributed by atoms with Crippen molar-refractivity contribution in [3.63, 3.8) is 0 Å². The Morgan fingerprint density at radius 3 is 0.889 bits per heavy atom. The molecule has 0 aromatic heterocycles. The van der Waals surface area contributed by atoms with Crippen molar-refractivity contribution in [2.75, 3.05) is 0 Å². The molecule has 0 spiro atoms. The molecule has 0 rings (SSSR count). The summed E-state index contributed by atoms with van der Waals surface area (Å²) in [6, 6.07) is 0. The van der Waals surface area contributed by atoms with E-state index >= 15 is 0 Å². The van der Waals surface area contributed by atoms with E-state index in [1.165, 1.54) is 0 Å². The second kappa shape index (κ2) is 3.72. The molecule has 0 amide bonds. The molecule has 0 atom stereocenters. The second-order valence-corrected chi connectivity index (χ2v) is 9.33. The topological polar surface area (TPSA) is 0 Å². The lowest BCUT2D eigenvalue weighted by Crippen LogP contribution is -2.01. The average Bonchev–Trinajstić information content (AvgIpc) is 1.14. The molecule has 0 aliphatic heterocycles. The minimum atomic E-state index is -1.47. The summed E-state index contributed by atoms with van der Waals surface area (Å²) in [5.41, 5.74) is 0. The number of rotatable bonds is 0. The summed E-state index contributed by atoms with van der Waals surface area (Å²) in [5, 5.41) is 0. The average molecular weight is 269 g/mol. The van der Waals surface area contributed by atoms with Gasteiger partial charge in [-0.05, 0) is 8.58 Å². The molecule has 56 valence electrons. The summed E-state index contributed by atoms with van der Waals surface area (Å²) in [6.45, 7) is 0. The number of hydrogen-bond acceptors (Lipinski definition) is 0. The molecule has 0 unspecified atom stereocenters. The van der Waals surface area contributed by atoms with Crippen LogP contribution in [0.25, 0.3) is 0 Å². The number of hydrogen-bond donors (Lipinski definition) is 0. The Balaban J connectivity index is 3.75. The van der Waals surface area contributed by atoms with E-state index < -0.39 is 7.07 Å². The van der Waals surface area contributed by atoms with Gasteiger partial charge in [0.25, 0.3) is 0 Å². The Morgan fingerprint density at radius 2 is 0.889 bits per heavy atom. The van der Waals surface area contributed by atoms with Gasteiger partial charge in [-0.1, -0.05) is 69.6 Å². The van der Waals surface area contributed by atoms with Crippen molar-refractivity contribution >= 4 is 78.2 Å². The number of alkyl halides is 6. The van der Waals surface area contributed by atoms with Gasteiger partial charge in [0.15, 0.2) is 0 Å². The first-order valence-corrected chi connectivity index (χ1v) is 4.90. The predicted octanol–water partition coefficient (Wildman–Crippen LogP) is 4.32. The van der Waals surface area contributed by atoms with Crippen LogP contribution in [0.2, 0.25) is 0 Å². The van der Waals surface area contributed by atoms with Crippen molar-refractivity contribution in [3.05, 3.63) is 0 Å². The largest absolute Gasteiger partial charge is 0.209 e. The molecular formula is C2HCl6P. The van der Waals surface area contributed by atoms with Crippen LogP contribution >= 0.6 is 78.2 Å². The van der Waals surface area contributed by atoms with Crippen LogP contribution in [0.5, 0.6) is 0 Å². The summed E-state index contributed by atoms with van der Waals surface area (Å²) in [4.78, 5) is 0. The zero-order valence-corrected chi connectivity index (χ0v) is 9.30. The van der Waals surface area contributed by atoms with Crippen LogP contribution in [0, 0.1) is 0 Å². The van der Waals surface area contributed by atoms with Crippen LogP contribution in [-0.4, -0.2) is 7.07 Å². The first-order valence-electron chi connectivity index (χ1n) is 1.63. The molecule has 0 heterocycles. The van der Waals surface area contributed by atoms with Gasteiger partial charge in [0.1, 0.15) is 0 Å². The minimum absolute atomic E-state index is 0.356. The molecule has 7 heteroatoms. The van der Waals surface area contributed by atoms with Crippen LogP contribution in [0.4, 0.5) is 0 Å². The second-order valence-electron chi connectivity index (χ2n) is 1.12. The molecule has 0 aliphatic carbocycles. The molecule has 0 fully saturated rings. The van der Waals surface area contributed by atoms with E-state index in [2.05, 4.69) is 0 Å². The van der Waals surface area contributed by atoms with E-state index in [4.69, 9.17) is 69.6 Å². The van der Waals surface area contributed by atoms with E-state index in [0.717, 1.165) is 0 Å². The molecule has 0 saturated carbocycles. The fourth-order valence-electron chi connectivity index (χ4n) is 0.161. The number of halogens is 6. The lowest BCUT2D eigenvalue weighted by molar-refractivity contribution is 1.64. The highest BCUT2D eigenvalue weighted by Crippen LogP contribution is 2.57. The molecule has 0 nitrogen and oxygen atoms in total. The Hall–Kier alpha value is 2.17. The van der Waals surface area contributed by atoms with Crippen LogP contribution < -0.4 is 0 Å². The fourth-order valence-corrected chi connectivity index (χ4v) is 4.34. The maximum absolute atomic E-state index is 5.31. The maximum atomic E-state index is 5.31. The van der Waals surface area contributed by atoms with Crippen LogP contribution in [0.3, 0.4) is 0 Å². The lowest BCUT2D eigenvalue weighted by Gasteiger charge is -2.16. The van der Waals surface area contributed by atoms with Crippen molar-refractivity contribution in [2.24, 2.45) is 0 Å². The molecule has 9 heavy (non-hydrogen) atoms. The van der Waals surface area contributed by atoms with Gasteiger partial charge in [0, 0.05) is 0 Å². The quantitative estimate of drug-likeness (QED) is 0.453. The Morgan fingerprint density at radius 1 is 0.667 bits per heavy atom. The summed E-state index contributed by atoms with van der Waals surface area (Å²) in [7, 11) is -0.356. The predicted molar refractivity (Wildman–Crippen MR) is 48.9 cm³/mol. The highest BCUT2D eigenvalue weighted by molar-refractivity contribution is 7.57. The molecular weight excluding hydrogens is 268 g/mol. The third kappa shape index (κ3) is 10.2. The van der Waals surface area contributed by atoms with Crippen molar-refractivity contribution in [1.29, 1.82) is 0 Å². The van der Waals surface area contributed by atoms with Gasteiger partial charge in [0.05, 0.1) is 0 Å². The molecule has 0 N–H and O–H groups in total. The Bertz CT molecular complexity index is 76.2. The highest BCUT2D eigenvalue weighted by atomic mass is 35.6. The van der Waals surface area contributed by atoms with Crippen molar-refractivity contribution in [3.8, 4) is 0 Å². The van der Waals surface area contributed by atoms with Gasteiger partial charge >= 0.3 is 0 Å². The van der Waals surface area contributed by atoms with Crippen LogP contribution in [0.1, 0.15) is 0 Å².